The topological polar surface area (TPSA) is 89.8 Å². The molecule has 3 rings (SSSR count). The van der Waals surface area contributed by atoms with Crippen molar-refractivity contribution >= 4 is 33.1 Å². The molecule has 0 atom stereocenters. The molecule has 5 N–H and O–H groups in total. The summed E-state index contributed by atoms with van der Waals surface area (Å²) in [6, 6.07) is 10.5. The Balaban J connectivity index is 1.58. The number of aromatic nitrogens is 2. The van der Waals surface area contributed by atoms with E-state index in [4.69, 9.17) is 11.5 Å². The molecule has 0 saturated heterocycles. The molecule has 146 valence electrons. The summed E-state index contributed by atoms with van der Waals surface area (Å²) in [5, 5.41) is 4.63. The van der Waals surface area contributed by atoms with Crippen molar-refractivity contribution in [3.05, 3.63) is 70.5 Å². The van der Waals surface area contributed by atoms with Gasteiger partial charge >= 0.3 is 0 Å². The highest BCUT2D eigenvalue weighted by molar-refractivity contribution is 7.18. The molecule has 2 aromatic heterocycles. The molecule has 5 nitrogen and oxygen atoms in total. The van der Waals surface area contributed by atoms with E-state index < -0.39 is 0 Å². The lowest BCUT2D eigenvalue weighted by Crippen LogP contribution is -2.07. The lowest BCUT2D eigenvalue weighted by atomic mass is 10.1. The Hall–Kier alpha value is -2.86. The van der Waals surface area contributed by atoms with Gasteiger partial charge in [-0.25, -0.2) is 9.97 Å². The van der Waals surface area contributed by atoms with Gasteiger partial charge in [-0.05, 0) is 55.3 Å². The Morgan fingerprint density at radius 1 is 1.21 bits per heavy atom. The van der Waals surface area contributed by atoms with Gasteiger partial charge in [0, 0.05) is 23.5 Å². The molecule has 0 fully saturated rings. The monoisotopic (exact) mass is 393 g/mol. The minimum Gasteiger partial charge on any atom is -0.405 e. The zero-order valence-corrected chi connectivity index (χ0v) is 17.2. The smallest absolute Gasteiger partial charge is 0.138 e. The summed E-state index contributed by atoms with van der Waals surface area (Å²) in [7, 11) is 0. The Morgan fingerprint density at radius 3 is 2.71 bits per heavy atom. The molecule has 0 bridgehead atoms. The van der Waals surface area contributed by atoms with Gasteiger partial charge in [-0.15, -0.1) is 11.3 Å². The van der Waals surface area contributed by atoms with E-state index in [2.05, 4.69) is 59.5 Å². The van der Waals surface area contributed by atoms with Gasteiger partial charge in [0.1, 0.15) is 16.5 Å². The highest BCUT2D eigenvalue weighted by Crippen LogP contribution is 2.28. The van der Waals surface area contributed by atoms with Crippen molar-refractivity contribution in [2.75, 3.05) is 11.9 Å². The number of hydrogen-bond donors (Lipinski definition) is 3. The predicted molar refractivity (Wildman–Crippen MR) is 120 cm³/mol. The first-order chi connectivity index (χ1) is 13.6. The molecular weight excluding hydrogens is 366 g/mol. The quantitative estimate of drug-likeness (QED) is 0.390. The Bertz CT molecular complexity index is 986. The summed E-state index contributed by atoms with van der Waals surface area (Å²) in [5.41, 5.74) is 14.4. The maximum Gasteiger partial charge on any atom is 0.138 e. The zero-order chi connectivity index (χ0) is 19.9. The number of nitrogens with zero attached hydrogens (tertiary/aromatic N) is 2. The van der Waals surface area contributed by atoms with Crippen LogP contribution in [0.3, 0.4) is 0 Å². The molecule has 0 saturated carbocycles. The maximum atomic E-state index is 6.02. The van der Waals surface area contributed by atoms with Gasteiger partial charge in [0.05, 0.1) is 5.39 Å². The van der Waals surface area contributed by atoms with Gasteiger partial charge in [0.2, 0.25) is 0 Å². The van der Waals surface area contributed by atoms with Gasteiger partial charge in [-0.3, -0.25) is 0 Å². The van der Waals surface area contributed by atoms with E-state index in [1.165, 1.54) is 16.6 Å². The Morgan fingerprint density at radius 2 is 2.00 bits per heavy atom. The summed E-state index contributed by atoms with van der Waals surface area (Å²) >= 11 is 1.72. The molecule has 2 heterocycles. The number of anilines is 1. The average molecular weight is 394 g/mol. The first-order valence-electron chi connectivity index (χ1n) is 9.55. The minimum atomic E-state index is 0.709. The van der Waals surface area contributed by atoms with Crippen LogP contribution >= 0.6 is 11.3 Å². The highest BCUT2D eigenvalue weighted by Gasteiger charge is 2.09. The Labute approximate surface area is 170 Å². The molecule has 6 heteroatoms. The third-order valence-corrected chi connectivity index (χ3v) is 5.43. The second-order valence-electron chi connectivity index (χ2n) is 6.65. The van der Waals surface area contributed by atoms with Crippen LogP contribution in [-0.2, 0) is 12.8 Å². The van der Waals surface area contributed by atoms with E-state index >= 15 is 0 Å². The highest BCUT2D eigenvalue weighted by atomic mass is 32.1. The number of nitrogens with two attached hydrogens (primary N) is 2. The third kappa shape index (κ3) is 4.89. The van der Waals surface area contributed by atoms with Crippen LogP contribution < -0.4 is 16.8 Å². The number of nitrogens with one attached hydrogen (secondary N) is 1. The Kier molecular flexibility index (Phi) is 6.66. The van der Waals surface area contributed by atoms with Crippen molar-refractivity contribution in [3.63, 3.8) is 0 Å². The van der Waals surface area contributed by atoms with E-state index in [-0.39, 0.29) is 0 Å². The molecule has 0 radical (unpaired) electrons. The fraction of sp³-hybridized carbons (Fsp3) is 0.273. The number of thiophene rings is 1. The minimum absolute atomic E-state index is 0.709. The van der Waals surface area contributed by atoms with Crippen molar-refractivity contribution < 1.29 is 0 Å². The van der Waals surface area contributed by atoms with E-state index in [1.807, 2.05) is 0 Å². The number of benzene rings is 1. The van der Waals surface area contributed by atoms with Crippen LogP contribution in [0.2, 0.25) is 0 Å². The fourth-order valence-corrected chi connectivity index (χ4v) is 3.90. The number of aryl methyl sites for hydroxylation is 3. The number of allylic oxidation sites excluding steroid dienone is 2. The van der Waals surface area contributed by atoms with Crippen LogP contribution in [0.25, 0.3) is 15.9 Å². The zero-order valence-electron chi connectivity index (χ0n) is 16.4. The number of fused-ring (bicyclic) bond motifs is 1. The molecule has 0 aliphatic carbocycles. The standard InChI is InChI=1S/C22H27N5S/c1-3-20-26-21(18-14-15(2)28-22(18)27-20)25-13-5-6-16-8-10-17(11-9-16)19(24)7-4-12-23/h4,7-12,14H,3,5-6,13,23-24H2,1-2H3,(H,25,26,27)/b12-4-,19-7-. The lowest BCUT2D eigenvalue weighted by molar-refractivity contribution is 0.855. The molecule has 0 unspecified atom stereocenters. The van der Waals surface area contributed by atoms with E-state index in [0.29, 0.717) is 5.70 Å². The van der Waals surface area contributed by atoms with Crippen LogP contribution in [0.15, 0.2) is 48.7 Å². The van der Waals surface area contributed by atoms with Crippen LogP contribution in [0, 0.1) is 6.92 Å². The van der Waals surface area contributed by atoms with E-state index in [9.17, 15) is 0 Å². The van der Waals surface area contributed by atoms with Gasteiger partial charge in [0.15, 0.2) is 0 Å². The molecule has 0 aliphatic heterocycles. The van der Waals surface area contributed by atoms with Gasteiger partial charge in [-0.2, -0.15) is 0 Å². The van der Waals surface area contributed by atoms with Crippen LogP contribution in [-0.4, -0.2) is 16.5 Å². The van der Waals surface area contributed by atoms with Crippen LogP contribution in [0.4, 0.5) is 5.82 Å². The van der Waals surface area contributed by atoms with Crippen molar-refractivity contribution in [1.29, 1.82) is 0 Å². The van der Waals surface area contributed by atoms with Crippen LogP contribution in [0.5, 0.6) is 0 Å². The number of hydrogen-bond acceptors (Lipinski definition) is 6. The second kappa shape index (κ2) is 9.37. The maximum absolute atomic E-state index is 6.02. The molecule has 3 aromatic rings. The first kappa shape index (κ1) is 19.9. The van der Waals surface area contributed by atoms with Crippen molar-refractivity contribution in [2.45, 2.75) is 33.1 Å². The predicted octanol–water partition coefficient (Wildman–Crippen LogP) is 4.38. The first-order valence-corrected chi connectivity index (χ1v) is 10.4. The second-order valence-corrected chi connectivity index (χ2v) is 7.89. The normalized spacial score (nSPS) is 12.1. The number of rotatable bonds is 8. The van der Waals surface area contributed by atoms with E-state index in [1.54, 1.807) is 23.5 Å². The summed E-state index contributed by atoms with van der Waals surface area (Å²) in [5.74, 6) is 1.84. The van der Waals surface area contributed by atoms with Gasteiger partial charge in [0.25, 0.3) is 0 Å². The lowest BCUT2D eigenvalue weighted by Gasteiger charge is -2.09. The summed E-state index contributed by atoms with van der Waals surface area (Å²) in [4.78, 5) is 11.6. The summed E-state index contributed by atoms with van der Waals surface area (Å²) in [6.07, 6.45) is 7.87. The average Bonchev–Trinajstić information content (AvgIpc) is 3.09. The molecule has 0 aliphatic rings. The van der Waals surface area contributed by atoms with Crippen molar-refractivity contribution in [2.24, 2.45) is 11.5 Å². The summed E-state index contributed by atoms with van der Waals surface area (Å²) in [6.45, 7) is 5.07. The molecule has 0 spiro atoms. The van der Waals surface area contributed by atoms with Gasteiger partial charge < -0.3 is 16.8 Å². The molecular formula is C22H27N5S. The SMILES string of the molecule is CCc1nc(NCCCc2ccc(/C(N)=C/C=C\N)cc2)c2cc(C)sc2n1. The molecule has 0 amide bonds. The van der Waals surface area contributed by atoms with Crippen molar-refractivity contribution in [1.82, 2.24) is 9.97 Å². The van der Waals surface area contributed by atoms with Crippen molar-refractivity contribution in [3.8, 4) is 0 Å². The third-order valence-electron chi connectivity index (χ3n) is 4.49. The summed E-state index contributed by atoms with van der Waals surface area (Å²) < 4.78 is 0. The van der Waals surface area contributed by atoms with Gasteiger partial charge in [-0.1, -0.05) is 31.2 Å². The molecule has 28 heavy (non-hydrogen) atoms. The fourth-order valence-electron chi connectivity index (χ4n) is 3.00. The van der Waals surface area contributed by atoms with E-state index in [0.717, 1.165) is 53.2 Å². The molecule has 1 aromatic carbocycles. The largest absolute Gasteiger partial charge is 0.405 e. The van der Waals surface area contributed by atoms with Crippen LogP contribution in [0.1, 0.15) is 35.2 Å².